The molecule has 0 radical (unpaired) electrons. The Kier molecular flexibility index (Phi) is 2.73. The van der Waals surface area contributed by atoms with Gasteiger partial charge in [0.25, 0.3) is 0 Å². The van der Waals surface area contributed by atoms with Gasteiger partial charge in [0.1, 0.15) is 5.69 Å². The minimum atomic E-state index is 0.418. The summed E-state index contributed by atoms with van der Waals surface area (Å²) < 4.78 is 9.17. The van der Waals surface area contributed by atoms with E-state index in [1.165, 1.54) is 11.5 Å². The molecule has 5 heteroatoms. The molecular weight excluding hydrogens is 212 g/mol. The molecule has 0 aliphatic heterocycles. The molecule has 0 unspecified atom stereocenters. The Labute approximate surface area is 90.7 Å². The van der Waals surface area contributed by atoms with Crippen molar-refractivity contribution in [2.24, 2.45) is 0 Å². The third kappa shape index (κ3) is 1.87. The molecule has 0 aliphatic carbocycles. The minimum Gasteiger partial charge on any atom is -0.480 e. The zero-order valence-corrected chi connectivity index (χ0v) is 8.82. The highest BCUT2D eigenvalue weighted by Crippen LogP contribution is 2.29. The van der Waals surface area contributed by atoms with Gasteiger partial charge in [-0.2, -0.15) is 4.37 Å². The molecule has 4 nitrogen and oxygen atoms in total. The van der Waals surface area contributed by atoms with Crippen LogP contribution in [0.15, 0.2) is 23.7 Å². The molecule has 2 heterocycles. The monoisotopic (exact) mass is 220 g/mol. The fourth-order valence-corrected chi connectivity index (χ4v) is 1.86. The zero-order chi connectivity index (χ0) is 10.7. The van der Waals surface area contributed by atoms with Gasteiger partial charge in [0.05, 0.1) is 12.7 Å². The van der Waals surface area contributed by atoms with Crippen molar-refractivity contribution < 1.29 is 9.53 Å². The molecule has 2 rings (SSSR count). The van der Waals surface area contributed by atoms with Crippen LogP contribution < -0.4 is 4.74 Å². The molecular formula is C10H8N2O2S. The number of pyridine rings is 1. The summed E-state index contributed by atoms with van der Waals surface area (Å²) in [6.07, 6.45) is 2.35. The lowest BCUT2D eigenvalue weighted by Crippen LogP contribution is -1.88. The molecule has 0 saturated carbocycles. The Bertz CT molecular complexity index is 465. The van der Waals surface area contributed by atoms with Crippen LogP contribution in [-0.2, 0) is 0 Å². The molecule has 0 amide bonds. The van der Waals surface area contributed by atoms with Crippen molar-refractivity contribution in [1.82, 2.24) is 9.36 Å². The Hall–Kier alpha value is -1.75. The molecule has 0 spiro atoms. The van der Waals surface area contributed by atoms with E-state index < -0.39 is 0 Å². The lowest BCUT2D eigenvalue weighted by molar-refractivity contribution is 0.111. The molecule has 0 N–H and O–H groups in total. The van der Waals surface area contributed by atoms with E-state index in [0.717, 1.165) is 11.1 Å². The van der Waals surface area contributed by atoms with E-state index in [2.05, 4.69) is 9.36 Å². The summed E-state index contributed by atoms with van der Waals surface area (Å²) in [5, 5.41) is 1.89. The maximum atomic E-state index is 10.4. The fourth-order valence-electron chi connectivity index (χ4n) is 1.20. The highest BCUT2D eigenvalue weighted by atomic mass is 32.1. The van der Waals surface area contributed by atoms with Gasteiger partial charge >= 0.3 is 0 Å². The van der Waals surface area contributed by atoms with E-state index in [-0.39, 0.29) is 0 Å². The summed E-state index contributed by atoms with van der Waals surface area (Å²) in [5.74, 6) is 0.584. The van der Waals surface area contributed by atoms with Gasteiger partial charge in [-0.25, -0.2) is 0 Å². The first-order valence-corrected chi connectivity index (χ1v) is 5.09. The van der Waals surface area contributed by atoms with Crippen LogP contribution in [0.2, 0.25) is 0 Å². The third-order valence-electron chi connectivity index (χ3n) is 1.95. The summed E-state index contributed by atoms with van der Waals surface area (Å²) >= 11 is 1.32. The van der Waals surface area contributed by atoms with Crippen molar-refractivity contribution in [1.29, 1.82) is 0 Å². The van der Waals surface area contributed by atoms with Gasteiger partial charge < -0.3 is 4.74 Å². The molecule has 0 aromatic carbocycles. The van der Waals surface area contributed by atoms with E-state index in [0.29, 0.717) is 17.9 Å². The van der Waals surface area contributed by atoms with E-state index in [9.17, 15) is 4.79 Å². The number of carbonyl (C=O) groups excluding carboxylic acids is 1. The summed E-state index contributed by atoms with van der Waals surface area (Å²) in [6.45, 7) is 0. The Morgan fingerprint density at radius 1 is 1.47 bits per heavy atom. The highest BCUT2D eigenvalue weighted by molar-refractivity contribution is 7.04. The second-order valence-corrected chi connectivity index (χ2v) is 3.46. The first kappa shape index (κ1) is 9.79. The molecule has 2 aromatic heterocycles. The van der Waals surface area contributed by atoms with Gasteiger partial charge in [-0.3, -0.25) is 9.78 Å². The van der Waals surface area contributed by atoms with Crippen molar-refractivity contribution >= 4 is 17.8 Å². The maximum Gasteiger partial charge on any atom is 0.232 e. The third-order valence-corrected chi connectivity index (χ3v) is 2.56. The van der Waals surface area contributed by atoms with Crippen molar-refractivity contribution in [3.63, 3.8) is 0 Å². The van der Waals surface area contributed by atoms with Gasteiger partial charge in [0.15, 0.2) is 6.29 Å². The van der Waals surface area contributed by atoms with Gasteiger partial charge in [-0.05, 0) is 17.6 Å². The van der Waals surface area contributed by atoms with Gasteiger partial charge in [-0.15, -0.1) is 0 Å². The molecule has 0 aliphatic rings. The second kappa shape index (κ2) is 4.18. The largest absolute Gasteiger partial charge is 0.480 e. The van der Waals surface area contributed by atoms with Crippen molar-refractivity contribution in [2.75, 3.05) is 7.11 Å². The second-order valence-electron chi connectivity index (χ2n) is 2.83. The van der Waals surface area contributed by atoms with Crippen LogP contribution in [0.4, 0.5) is 0 Å². The normalized spacial score (nSPS) is 9.93. The summed E-state index contributed by atoms with van der Waals surface area (Å²) in [7, 11) is 1.58. The predicted octanol–water partition coefficient (Wildman–Crippen LogP) is 2.03. The first-order chi connectivity index (χ1) is 7.35. The number of hydrogen-bond donors (Lipinski definition) is 0. The van der Waals surface area contributed by atoms with Gasteiger partial charge in [-0.1, -0.05) is 6.07 Å². The molecule has 15 heavy (non-hydrogen) atoms. The van der Waals surface area contributed by atoms with Crippen molar-refractivity contribution in [3.05, 3.63) is 29.4 Å². The topological polar surface area (TPSA) is 52.1 Å². The number of aldehydes is 1. The number of hydrogen-bond acceptors (Lipinski definition) is 5. The standard InChI is InChI=1S/C10H8N2O2S/c1-14-10-9(6-15-12-10)7-2-3-8(5-13)11-4-7/h2-6H,1H3. The number of aromatic nitrogens is 2. The average molecular weight is 220 g/mol. The molecule has 0 saturated heterocycles. The smallest absolute Gasteiger partial charge is 0.232 e. The van der Waals surface area contributed by atoms with Crippen molar-refractivity contribution in [2.45, 2.75) is 0 Å². The van der Waals surface area contributed by atoms with Crippen LogP contribution in [0.1, 0.15) is 10.5 Å². The molecule has 76 valence electrons. The van der Waals surface area contributed by atoms with E-state index in [1.807, 2.05) is 11.4 Å². The number of methoxy groups -OCH3 is 1. The molecule has 0 atom stereocenters. The van der Waals surface area contributed by atoms with Crippen LogP contribution in [0, 0.1) is 0 Å². The Balaban J connectivity index is 2.41. The van der Waals surface area contributed by atoms with Crippen LogP contribution >= 0.6 is 11.5 Å². The van der Waals surface area contributed by atoms with E-state index >= 15 is 0 Å². The summed E-state index contributed by atoms with van der Waals surface area (Å²) in [5.41, 5.74) is 2.21. The maximum absolute atomic E-state index is 10.4. The zero-order valence-electron chi connectivity index (χ0n) is 8.01. The van der Waals surface area contributed by atoms with Crippen LogP contribution in [0.5, 0.6) is 5.88 Å². The number of carbonyl (C=O) groups is 1. The predicted molar refractivity (Wildman–Crippen MR) is 57.3 cm³/mol. The summed E-state index contributed by atoms with van der Waals surface area (Å²) in [4.78, 5) is 14.4. The number of ether oxygens (including phenoxy) is 1. The molecule has 0 bridgehead atoms. The minimum absolute atomic E-state index is 0.418. The van der Waals surface area contributed by atoms with Crippen LogP contribution in [0.3, 0.4) is 0 Å². The lowest BCUT2D eigenvalue weighted by Gasteiger charge is -2.00. The van der Waals surface area contributed by atoms with Crippen molar-refractivity contribution in [3.8, 4) is 17.0 Å². The Morgan fingerprint density at radius 3 is 2.93 bits per heavy atom. The highest BCUT2D eigenvalue weighted by Gasteiger charge is 2.08. The summed E-state index contributed by atoms with van der Waals surface area (Å²) in [6, 6.07) is 3.49. The van der Waals surface area contributed by atoms with Crippen LogP contribution in [0.25, 0.3) is 11.1 Å². The SMILES string of the molecule is COc1nscc1-c1ccc(C=O)nc1. The fraction of sp³-hybridized carbons (Fsp3) is 0.100. The average Bonchev–Trinajstić information content (AvgIpc) is 2.77. The number of rotatable bonds is 3. The molecule has 0 fully saturated rings. The van der Waals surface area contributed by atoms with Crippen LogP contribution in [-0.4, -0.2) is 22.8 Å². The van der Waals surface area contributed by atoms with E-state index in [1.54, 1.807) is 19.4 Å². The first-order valence-electron chi connectivity index (χ1n) is 4.25. The van der Waals surface area contributed by atoms with Gasteiger partial charge in [0.2, 0.25) is 5.88 Å². The Morgan fingerprint density at radius 2 is 2.33 bits per heavy atom. The molecule has 2 aromatic rings. The number of nitrogens with zero attached hydrogens (tertiary/aromatic N) is 2. The van der Waals surface area contributed by atoms with E-state index in [4.69, 9.17) is 4.74 Å². The van der Waals surface area contributed by atoms with Gasteiger partial charge in [0, 0.05) is 17.1 Å². The lowest BCUT2D eigenvalue weighted by atomic mass is 10.1. The quantitative estimate of drug-likeness (QED) is 0.742.